The Morgan fingerprint density at radius 1 is 1.12 bits per heavy atom. The number of piperidine rings is 2. The average Bonchev–Trinajstić information content (AvgIpc) is 3.14. The third-order valence-corrected chi connectivity index (χ3v) is 6.54. The zero-order valence-corrected chi connectivity index (χ0v) is 16.0. The molecule has 144 valence electrons. The van der Waals surface area contributed by atoms with E-state index in [-0.39, 0.29) is 5.92 Å². The van der Waals surface area contributed by atoms with E-state index < -0.39 is 0 Å². The molecule has 1 aromatic heterocycles. The van der Waals surface area contributed by atoms with Crippen LogP contribution in [0.25, 0.3) is 0 Å². The quantitative estimate of drug-likeness (QED) is 0.827. The third-order valence-electron chi connectivity index (χ3n) is 6.54. The van der Waals surface area contributed by atoms with Crippen LogP contribution in [0.15, 0.2) is 12.4 Å². The molecule has 1 atom stereocenters. The van der Waals surface area contributed by atoms with Gasteiger partial charge in [0.05, 0.1) is 0 Å². The van der Waals surface area contributed by atoms with E-state index >= 15 is 0 Å². The second kappa shape index (κ2) is 8.09. The molecule has 0 aromatic carbocycles. The highest BCUT2D eigenvalue weighted by Gasteiger charge is 2.34. The number of hydrogen-bond acceptors (Lipinski definition) is 4. The minimum absolute atomic E-state index is 0.214. The smallest absolute Gasteiger partial charge is 0.225 e. The van der Waals surface area contributed by atoms with E-state index in [0.29, 0.717) is 17.9 Å². The van der Waals surface area contributed by atoms with Crippen LogP contribution in [0.5, 0.6) is 0 Å². The van der Waals surface area contributed by atoms with E-state index in [1.165, 1.54) is 0 Å². The van der Waals surface area contributed by atoms with Crippen molar-refractivity contribution in [2.24, 2.45) is 13.0 Å². The predicted octanol–water partition coefficient (Wildman–Crippen LogP) is 2.02. The number of hydrogen-bond donors (Lipinski definition) is 0. The Morgan fingerprint density at radius 3 is 2.58 bits per heavy atom. The molecule has 4 heterocycles. The molecule has 6 heteroatoms. The van der Waals surface area contributed by atoms with Gasteiger partial charge in [-0.2, -0.15) is 0 Å². The molecule has 4 rings (SSSR count). The number of carbonyl (C=O) groups is 1. The normalized spacial score (nSPS) is 27.0. The van der Waals surface area contributed by atoms with Gasteiger partial charge in [-0.05, 0) is 51.6 Å². The Hall–Kier alpha value is -1.40. The van der Waals surface area contributed by atoms with Gasteiger partial charge >= 0.3 is 0 Å². The molecule has 0 saturated carbocycles. The van der Waals surface area contributed by atoms with Gasteiger partial charge in [-0.15, -0.1) is 0 Å². The van der Waals surface area contributed by atoms with Crippen molar-refractivity contribution in [2.75, 3.05) is 39.4 Å². The van der Waals surface area contributed by atoms with Crippen molar-refractivity contribution >= 4 is 5.91 Å². The zero-order chi connectivity index (χ0) is 17.9. The van der Waals surface area contributed by atoms with Gasteiger partial charge in [-0.3, -0.25) is 4.79 Å². The van der Waals surface area contributed by atoms with Gasteiger partial charge in [0.25, 0.3) is 0 Å². The Morgan fingerprint density at radius 2 is 1.88 bits per heavy atom. The van der Waals surface area contributed by atoms with Crippen molar-refractivity contribution in [2.45, 2.75) is 50.5 Å². The molecular weight excluding hydrogens is 328 g/mol. The van der Waals surface area contributed by atoms with Crippen molar-refractivity contribution < 1.29 is 9.53 Å². The number of nitrogens with zero attached hydrogens (tertiary/aromatic N) is 4. The minimum Gasteiger partial charge on any atom is -0.381 e. The van der Waals surface area contributed by atoms with Crippen LogP contribution in [0.2, 0.25) is 0 Å². The van der Waals surface area contributed by atoms with Gasteiger partial charge in [0.1, 0.15) is 5.82 Å². The van der Waals surface area contributed by atoms with Gasteiger partial charge < -0.3 is 19.1 Å². The van der Waals surface area contributed by atoms with Crippen LogP contribution in [0.1, 0.15) is 50.3 Å². The van der Waals surface area contributed by atoms with Crippen LogP contribution in [-0.2, 0) is 16.6 Å². The number of amides is 1. The lowest BCUT2D eigenvalue weighted by Crippen LogP contribution is -2.48. The fraction of sp³-hybridized carbons (Fsp3) is 0.800. The highest BCUT2D eigenvalue weighted by molar-refractivity contribution is 5.79. The first-order valence-electron chi connectivity index (χ1n) is 10.3. The van der Waals surface area contributed by atoms with Crippen LogP contribution < -0.4 is 0 Å². The maximum absolute atomic E-state index is 13.1. The molecular formula is C20H32N4O2. The molecule has 0 bridgehead atoms. The topological polar surface area (TPSA) is 50.6 Å². The summed E-state index contributed by atoms with van der Waals surface area (Å²) in [5.74, 6) is 2.11. The highest BCUT2D eigenvalue weighted by atomic mass is 16.5. The Labute approximate surface area is 156 Å². The minimum atomic E-state index is 0.214. The molecule has 1 amide bonds. The van der Waals surface area contributed by atoms with E-state index in [9.17, 15) is 4.79 Å². The number of ether oxygens (including phenoxy) is 1. The van der Waals surface area contributed by atoms with Crippen molar-refractivity contribution in [3.05, 3.63) is 18.2 Å². The molecule has 0 N–H and O–H groups in total. The van der Waals surface area contributed by atoms with Crippen molar-refractivity contribution in [1.29, 1.82) is 0 Å². The van der Waals surface area contributed by atoms with Crippen LogP contribution in [0, 0.1) is 5.92 Å². The molecule has 3 aliphatic heterocycles. The monoisotopic (exact) mass is 360 g/mol. The number of rotatable bonds is 3. The molecule has 6 nitrogen and oxygen atoms in total. The largest absolute Gasteiger partial charge is 0.381 e. The van der Waals surface area contributed by atoms with Gasteiger partial charge in [-0.1, -0.05) is 0 Å². The molecule has 0 radical (unpaired) electrons. The van der Waals surface area contributed by atoms with Crippen molar-refractivity contribution in [3.8, 4) is 0 Å². The van der Waals surface area contributed by atoms with E-state index in [2.05, 4.69) is 26.4 Å². The Balaban J connectivity index is 1.31. The van der Waals surface area contributed by atoms with Gasteiger partial charge in [-0.25, -0.2) is 4.98 Å². The van der Waals surface area contributed by atoms with E-state index in [4.69, 9.17) is 4.74 Å². The summed E-state index contributed by atoms with van der Waals surface area (Å²) in [6.45, 7) is 5.68. The van der Waals surface area contributed by atoms with Crippen molar-refractivity contribution in [3.63, 3.8) is 0 Å². The highest BCUT2D eigenvalue weighted by Crippen LogP contribution is 2.29. The first-order chi connectivity index (χ1) is 12.7. The van der Waals surface area contributed by atoms with Crippen LogP contribution >= 0.6 is 0 Å². The maximum Gasteiger partial charge on any atom is 0.225 e. The molecule has 0 spiro atoms. The van der Waals surface area contributed by atoms with Crippen LogP contribution in [0.4, 0.5) is 0 Å². The van der Waals surface area contributed by atoms with E-state index in [0.717, 1.165) is 83.7 Å². The van der Waals surface area contributed by atoms with E-state index in [1.807, 2.05) is 12.4 Å². The predicted molar refractivity (Wildman–Crippen MR) is 99.9 cm³/mol. The summed E-state index contributed by atoms with van der Waals surface area (Å²) >= 11 is 0. The van der Waals surface area contributed by atoms with Crippen LogP contribution in [0.3, 0.4) is 0 Å². The fourth-order valence-electron chi connectivity index (χ4n) is 4.98. The van der Waals surface area contributed by atoms with Gasteiger partial charge in [0.15, 0.2) is 0 Å². The lowest BCUT2D eigenvalue weighted by molar-refractivity contribution is -0.138. The standard InChI is InChI=1S/C20H32N4O2/c1-22-12-8-21-19(22)17-3-2-9-24(15-17)20(25)16-4-10-23(11-5-16)18-6-13-26-14-7-18/h8,12,16-18H,2-7,9-11,13-15H2,1H3. The zero-order valence-electron chi connectivity index (χ0n) is 16.0. The summed E-state index contributed by atoms with van der Waals surface area (Å²) in [6.07, 6.45) is 10.4. The summed E-state index contributed by atoms with van der Waals surface area (Å²) in [5.41, 5.74) is 0. The number of imidazole rings is 1. The fourth-order valence-corrected chi connectivity index (χ4v) is 4.98. The third kappa shape index (κ3) is 3.81. The first kappa shape index (κ1) is 18.0. The molecule has 1 aromatic rings. The Kier molecular flexibility index (Phi) is 5.60. The summed E-state index contributed by atoms with van der Waals surface area (Å²) in [7, 11) is 2.05. The molecule has 0 aliphatic carbocycles. The van der Waals surface area contributed by atoms with Crippen LogP contribution in [-0.4, -0.2) is 70.7 Å². The number of aromatic nitrogens is 2. The molecule has 3 saturated heterocycles. The maximum atomic E-state index is 13.1. The molecule has 3 fully saturated rings. The SMILES string of the molecule is Cn1ccnc1C1CCCN(C(=O)C2CCN(C3CCOCC3)CC2)C1. The van der Waals surface area contributed by atoms with Gasteiger partial charge in [0.2, 0.25) is 5.91 Å². The first-order valence-corrected chi connectivity index (χ1v) is 10.3. The second-order valence-corrected chi connectivity index (χ2v) is 8.17. The Bertz CT molecular complexity index is 603. The summed E-state index contributed by atoms with van der Waals surface area (Å²) in [4.78, 5) is 22.3. The number of likely N-dealkylation sites (tertiary alicyclic amines) is 2. The van der Waals surface area contributed by atoms with E-state index in [1.54, 1.807) is 0 Å². The molecule has 1 unspecified atom stereocenters. The summed E-state index contributed by atoms with van der Waals surface area (Å²) < 4.78 is 7.59. The summed E-state index contributed by atoms with van der Waals surface area (Å²) in [6, 6.07) is 0.669. The molecule has 3 aliphatic rings. The lowest BCUT2D eigenvalue weighted by atomic mass is 9.90. The second-order valence-electron chi connectivity index (χ2n) is 8.17. The van der Waals surface area contributed by atoms with Crippen molar-refractivity contribution in [1.82, 2.24) is 19.4 Å². The number of carbonyl (C=O) groups excluding carboxylic acids is 1. The molecule has 26 heavy (non-hydrogen) atoms. The van der Waals surface area contributed by atoms with Gasteiger partial charge in [0, 0.05) is 63.6 Å². The summed E-state index contributed by atoms with van der Waals surface area (Å²) in [5, 5.41) is 0. The number of aryl methyl sites for hydroxylation is 1. The average molecular weight is 361 g/mol. The lowest BCUT2D eigenvalue weighted by Gasteiger charge is -2.41.